The van der Waals surface area contributed by atoms with Crippen molar-refractivity contribution in [2.45, 2.75) is 13.0 Å². The van der Waals surface area contributed by atoms with Crippen LogP contribution in [0.2, 0.25) is 0 Å². The highest BCUT2D eigenvalue weighted by Gasteiger charge is 2.20. The van der Waals surface area contributed by atoms with E-state index in [4.69, 9.17) is 9.26 Å². The lowest BCUT2D eigenvalue weighted by molar-refractivity contribution is 0.0208. The summed E-state index contributed by atoms with van der Waals surface area (Å²) in [4.78, 5) is 4.09. The number of rotatable bonds is 1. The Morgan fingerprint density at radius 1 is 1.58 bits per heavy atom. The number of ether oxygens (including phenoxy) is 1. The summed E-state index contributed by atoms with van der Waals surface area (Å²) >= 11 is 0. The molecule has 1 aromatic rings. The summed E-state index contributed by atoms with van der Waals surface area (Å²) in [7, 11) is 0. The van der Waals surface area contributed by atoms with Crippen LogP contribution in [0.4, 0.5) is 0 Å². The first-order valence-electron chi connectivity index (χ1n) is 3.99. The third kappa shape index (κ3) is 1.46. The van der Waals surface area contributed by atoms with Crippen molar-refractivity contribution in [2.75, 3.05) is 19.7 Å². The highest BCUT2D eigenvalue weighted by molar-refractivity contribution is 4.92. The summed E-state index contributed by atoms with van der Waals surface area (Å²) in [6, 6.07) is 0. The van der Waals surface area contributed by atoms with E-state index in [1.807, 2.05) is 0 Å². The molecule has 5 heteroatoms. The van der Waals surface area contributed by atoms with Gasteiger partial charge in [-0.1, -0.05) is 5.16 Å². The highest BCUT2D eigenvalue weighted by atomic mass is 16.5. The summed E-state index contributed by atoms with van der Waals surface area (Å²) in [5, 5.41) is 6.98. The second kappa shape index (κ2) is 3.20. The molecule has 0 amide bonds. The van der Waals surface area contributed by atoms with E-state index in [9.17, 15) is 0 Å². The zero-order chi connectivity index (χ0) is 8.39. The quantitative estimate of drug-likeness (QED) is 0.643. The molecule has 0 spiro atoms. The second-order valence-corrected chi connectivity index (χ2v) is 2.74. The molecule has 66 valence electrons. The van der Waals surface area contributed by atoms with E-state index in [1.165, 1.54) is 0 Å². The first kappa shape index (κ1) is 7.70. The van der Waals surface area contributed by atoms with Crippen LogP contribution < -0.4 is 5.32 Å². The van der Waals surface area contributed by atoms with Crippen LogP contribution in [0, 0.1) is 6.92 Å². The van der Waals surface area contributed by atoms with Crippen molar-refractivity contribution in [3.8, 4) is 0 Å². The number of aromatic nitrogens is 2. The lowest BCUT2D eigenvalue weighted by Gasteiger charge is -2.20. The molecule has 2 rings (SSSR count). The molecule has 1 atom stereocenters. The van der Waals surface area contributed by atoms with Crippen LogP contribution in [0.5, 0.6) is 0 Å². The third-order valence-electron chi connectivity index (χ3n) is 1.76. The van der Waals surface area contributed by atoms with E-state index in [0.717, 1.165) is 13.1 Å². The number of aryl methyl sites for hydroxylation is 1. The maximum absolute atomic E-state index is 5.43. The van der Waals surface area contributed by atoms with Crippen LogP contribution in [-0.2, 0) is 4.74 Å². The lowest BCUT2D eigenvalue weighted by atomic mass is 10.3. The van der Waals surface area contributed by atoms with Gasteiger partial charge in [0.15, 0.2) is 0 Å². The number of hydrogen-bond donors (Lipinski definition) is 1. The van der Waals surface area contributed by atoms with Crippen molar-refractivity contribution in [1.29, 1.82) is 0 Å². The van der Waals surface area contributed by atoms with E-state index in [1.54, 1.807) is 6.92 Å². The average Bonchev–Trinajstić information content (AvgIpc) is 2.54. The van der Waals surface area contributed by atoms with E-state index in [0.29, 0.717) is 18.3 Å². The van der Waals surface area contributed by atoms with Gasteiger partial charge >= 0.3 is 0 Å². The summed E-state index contributed by atoms with van der Waals surface area (Å²) in [5.41, 5.74) is 0. The van der Waals surface area contributed by atoms with E-state index in [-0.39, 0.29) is 6.10 Å². The van der Waals surface area contributed by atoms with Crippen molar-refractivity contribution < 1.29 is 9.26 Å². The Bertz CT molecular complexity index is 255. The number of nitrogens with zero attached hydrogens (tertiary/aromatic N) is 2. The van der Waals surface area contributed by atoms with Crippen molar-refractivity contribution in [1.82, 2.24) is 15.5 Å². The van der Waals surface area contributed by atoms with Crippen molar-refractivity contribution in [2.24, 2.45) is 0 Å². The fraction of sp³-hybridized carbons (Fsp3) is 0.714. The topological polar surface area (TPSA) is 60.2 Å². The highest BCUT2D eigenvalue weighted by Crippen LogP contribution is 2.14. The van der Waals surface area contributed by atoms with Gasteiger partial charge in [0.25, 0.3) is 0 Å². The molecule has 0 radical (unpaired) electrons. The molecule has 1 fully saturated rings. The molecule has 0 aliphatic carbocycles. The Morgan fingerprint density at radius 2 is 2.50 bits per heavy atom. The SMILES string of the molecule is Cc1nc([C@H]2CNCCO2)no1. The summed E-state index contributed by atoms with van der Waals surface area (Å²) in [6.45, 7) is 4.14. The zero-order valence-corrected chi connectivity index (χ0v) is 6.91. The van der Waals surface area contributed by atoms with Crippen molar-refractivity contribution in [3.63, 3.8) is 0 Å². The van der Waals surface area contributed by atoms with Crippen LogP contribution in [0.15, 0.2) is 4.52 Å². The normalized spacial score (nSPS) is 24.2. The van der Waals surface area contributed by atoms with Crippen molar-refractivity contribution in [3.05, 3.63) is 11.7 Å². The fourth-order valence-corrected chi connectivity index (χ4v) is 1.18. The first-order chi connectivity index (χ1) is 5.86. The molecule has 1 aliphatic rings. The average molecular weight is 169 g/mol. The fourth-order valence-electron chi connectivity index (χ4n) is 1.18. The molecule has 2 heterocycles. The molecule has 0 bridgehead atoms. The maximum atomic E-state index is 5.43. The molecule has 5 nitrogen and oxygen atoms in total. The van der Waals surface area contributed by atoms with Gasteiger partial charge in [0.1, 0.15) is 6.10 Å². The third-order valence-corrected chi connectivity index (χ3v) is 1.76. The van der Waals surface area contributed by atoms with Gasteiger partial charge in [0.05, 0.1) is 6.61 Å². The molecule has 0 saturated carbocycles. The zero-order valence-electron chi connectivity index (χ0n) is 6.91. The second-order valence-electron chi connectivity index (χ2n) is 2.74. The molecule has 1 N–H and O–H groups in total. The Hall–Kier alpha value is -0.940. The predicted octanol–water partition coefficient (Wildman–Crippen LogP) is 0.0389. The van der Waals surface area contributed by atoms with Gasteiger partial charge < -0.3 is 14.6 Å². The number of nitrogens with one attached hydrogen (secondary N) is 1. The van der Waals surface area contributed by atoms with Gasteiger partial charge in [-0.05, 0) is 0 Å². The van der Waals surface area contributed by atoms with E-state index in [2.05, 4.69) is 15.5 Å². The monoisotopic (exact) mass is 169 g/mol. The minimum Gasteiger partial charge on any atom is -0.367 e. The molecule has 0 aromatic carbocycles. The molecule has 1 aromatic heterocycles. The van der Waals surface area contributed by atoms with Gasteiger partial charge in [0, 0.05) is 20.0 Å². The molecule has 12 heavy (non-hydrogen) atoms. The lowest BCUT2D eigenvalue weighted by Crippen LogP contribution is -2.33. The van der Waals surface area contributed by atoms with Gasteiger partial charge in [-0.15, -0.1) is 0 Å². The Balaban J connectivity index is 2.08. The maximum Gasteiger partial charge on any atom is 0.223 e. The minimum absolute atomic E-state index is 0.0452. The minimum atomic E-state index is -0.0452. The standard InChI is InChI=1S/C7H11N3O2/c1-5-9-7(10-12-5)6-4-8-2-3-11-6/h6,8H,2-4H2,1H3/t6-/m1/s1. The van der Waals surface area contributed by atoms with Gasteiger partial charge in [-0.25, -0.2) is 0 Å². The summed E-state index contributed by atoms with van der Waals surface area (Å²) in [6.07, 6.45) is -0.0452. The Morgan fingerprint density at radius 3 is 3.08 bits per heavy atom. The van der Waals surface area contributed by atoms with Gasteiger partial charge in [-0.3, -0.25) is 0 Å². The largest absolute Gasteiger partial charge is 0.367 e. The van der Waals surface area contributed by atoms with Crippen LogP contribution in [-0.4, -0.2) is 29.8 Å². The van der Waals surface area contributed by atoms with Crippen LogP contribution in [0.1, 0.15) is 17.8 Å². The molecular formula is C7H11N3O2. The summed E-state index contributed by atoms with van der Waals surface area (Å²) < 4.78 is 10.3. The molecular weight excluding hydrogens is 158 g/mol. The molecule has 0 unspecified atom stereocenters. The first-order valence-corrected chi connectivity index (χ1v) is 3.99. The Kier molecular flexibility index (Phi) is 2.05. The van der Waals surface area contributed by atoms with E-state index < -0.39 is 0 Å². The van der Waals surface area contributed by atoms with E-state index >= 15 is 0 Å². The Labute approximate surface area is 70.1 Å². The van der Waals surface area contributed by atoms with Crippen LogP contribution in [0.25, 0.3) is 0 Å². The number of hydrogen-bond acceptors (Lipinski definition) is 5. The number of morpholine rings is 1. The van der Waals surface area contributed by atoms with Crippen LogP contribution >= 0.6 is 0 Å². The summed E-state index contributed by atoms with van der Waals surface area (Å²) in [5.74, 6) is 1.22. The van der Waals surface area contributed by atoms with Gasteiger partial charge in [0.2, 0.25) is 11.7 Å². The molecule has 1 aliphatic heterocycles. The van der Waals surface area contributed by atoms with Gasteiger partial charge in [-0.2, -0.15) is 4.98 Å². The molecule has 1 saturated heterocycles. The van der Waals surface area contributed by atoms with Crippen LogP contribution in [0.3, 0.4) is 0 Å². The smallest absolute Gasteiger partial charge is 0.223 e. The van der Waals surface area contributed by atoms with Crippen molar-refractivity contribution >= 4 is 0 Å². The predicted molar refractivity (Wildman–Crippen MR) is 40.6 cm³/mol.